The first-order valence-electron chi connectivity index (χ1n) is 12.4. The zero-order valence-electron chi connectivity index (χ0n) is 22.3. The number of amides is 2. The molecule has 0 aliphatic heterocycles. The molecule has 0 atom stereocenters. The summed E-state index contributed by atoms with van der Waals surface area (Å²) in [5, 5.41) is 0. The highest BCUT2D eigenvalue weighted by molar-refractivity contribution is 5.96. The van der Waals surface area contributed by atoms with E-state index in [2.05, 4.69) is 0 Å². The van der Waals surface area contributed by atoms with Crippen LogP contribution >= 0.6 is 0 Å². The van der Waals surface area contributed by atoms with Gasteiger partial charge in [0.1, 0.15) is 23.8 Å². The first-order chi connectivity index (χ1) is 17.9. The largest absolute Gasteiger partial charge is 0.497 e. The number of aryl methyl sites for hydroxylation is 1. The summed E-state index contributed by atoms with van der Waals surface area (Å²) in [6.45, 7) is 5.07. The fourth-order valence-corrected chi connectivity index (χ4v) is 4.05. The third kappa shape index (κ3) is 7.52. The van der Waals surface area contributed by atoms with Gasteiger partial charge in [-0.3, -0.25) is 9.59 Å². The fourth-order valence-electron chi connectivity index (χ4n) is 4.05. The summed E-state index contributed by atoms with van der Waals surface area (Å²) < 4.78 is 21.7. The van der Waals surface area contributed by atoms with Crippen molar-refractivity contribution in [3.63, 3.8) is 0 Å². The normalized spacial score (nSPS) is 10.6. The van der Waals surface area contributed by atoms with E-state index in [0.29, 0.717) is 54.6 Å². The molecule has 2 aromatic carbocycles. The highest BCUT2D eigenvalue weighted by atomic mass is 16.5. The predicted molar refractivity (Wildman–Crippen MR) is 141 cm³/mol. The molecular weight excluding hydrogens is 472 g/mol. The number of hydrogen-bond donors (Lipinski definition) is 0. The lowest BCUT2D eigenvalue weighted by Gasteiger charge is -2.27. The highest BCUT2D eigenvalue weighted by Crippen LogP contribution is 2.28. The van der Waals surface area contributed by atoms with Crippen molar-refractivity contribution in [1.29, 1.82) is 0 Å². The zero-order valence-corrected chi connectivity index (χ0v) is 22.3. The van der Waals surface area contributed by atoms with Gasteiger partial charge in [-0.1, -0.05) is 13.0 Å². The summed E-state index contributed by atoms with van der Waals surface area (Å²) in [4.78, 5) is 30.1. The van der Waals surface area contributed by atoms with Gasteiger partial charge in [-0.15, -0.1) is 0 Å². The van der Waals surface area contributed by atoms with Crippen molar-refractivity contribution < 1.29 is 28.2 Å². The van der Waals surface area contributed by atoms with Crippen LogP contribution in [-0.4, -0.2) is 62.6 Å². The summed E-state index contributed by atoms with van der Waals surface area (Å²) in [6, 6.07) is 16.4. The van der Waals surface area contributed by atoms with Gasteiger partial charge < -0.3 is 28.4 Å². The van der Waals surface area contributed by atoms with Crippen LogP contribution in [0.15, 0.2) is 59.0 Å². The Bertz CT molecular complexity index is 1170. The molecule has 0 bridgehead atoms. The molecule has 0 saturated heterocycles. The Hall–Kier alpha value is -3.94. The predicted octanol–water partition coefficient (Wildman–Crippen LogP) is 4.74. The van der Waals surface area contributed by atoms with Crippen LogP contribution in [0.4, 0.5) is 0 Å². The van der Waals surface area contributed by atoms with Gasteiger partial charge in [0.2, 0.25) is 5.91 Å². The summed E-state index contributed by atoms with van der Waals surface area (Å²) in [5.41, 5.74) is 1.52. The van der Waals surface area contributed by atoms with Crippen LogP contribution in [0.3, 0.4) is 0 Å². The van der Waals surface area contributed by atoms with Gasteiger partial charge in [0.25, 0.3) is 5.91 Å². The number of hydrogen-bond acceptors (Lipinski definition) is 6. The molecule has 1 heterocycles. The molecule has 2 amide bonds. The van der Waals surface area contributed by atoms with Gasteiger partial charge in [-0.2, -0.15) is 0 Å². The third-order valence-electron chi connectivity index (χ3n) is 6.06. The molecule has 8 nitrogen and oxygen atoms in total. The molecule has 0 radical (unpaired) electrons. The molecule has 0 aliphatic rings. The molecule has 1 aromatic heterocycles. The number of methoxy groups -OCH3 is 3. The molecule has 0 unspecified atom stereocenters. The van der Waals surface area contributed by atoms with Crippen molar-refractivity contribution in [3.8, 4) is 17.2 Å². The summed E-state index contributed by atoms with van der Waals surface area (Å²) >= 11 is 0. The maximum absolute atomic E-state index is 13.5. The van der Waals surface area contributed by atoms with E-state index in [1.54, 1.807) is 55.4 Å². The summed E-state index contributed by atoms with van der Waals surface area (Å²) in [5.74, 6) is 3.10. The Balaban J connectivity index is 1.77. The van der Waals surface area contributed by atoms with Crippen LogP contribution in [0, 0.1) is 6.92 Å². The van der Waals surface area contributed by atoms with Crippen molar-refractivity contribution in [2.75, 3.05) is 41.0 Å². The standard InChI is InChI=1S/C29H36N2O6/c1-6-16-31(29(33)23-9-12-24(34-3)13-10-23)20-28(32)30(19-25-11-7-21(2)37-25)17-15-22-8-14-26(35-4)27(18-22)36-5/h7-14,18H,6,15-17,19-20H2,1-5H3. The topological polar surface area (TPSA) is 81.5 Å². The number of rotatable bonds is 13. The maximum atomic E-state index is 13.5. The van der Waals surface area contributed by atoms with Gasteiger partial charge >= 0.3 is 0 Å². The van der Waals surface area contributed by atoms with Crippen molar-refractivity contribution in [2.45, 2.75) is 33.2 Å². The quantitative estimate of drug-likeness (QED) is 0.332. The Kier molecular flexibility index (Phi) is 10.0. The molecular formula is C29H36N2O6. The average Bonchev–Trinajstić information content (AvgIpc) is 3.34. The van der Waals surface area contributed by atoms with Gasteiger partial charge in [0, 0.05) is 18.7 Å². The van der Waals surface area contributed by atoms with E-state index in [9.17, 15) is 9.59 Å². The van der Waals surface area contributed by atoms with E-state index in [1.807, 2.05) is 44.2 Å². The molecule has 0 N–H and O–H groups in total. The summed E-state index contributed by atoms with van der Waals surface area (Å²) in [6.07, 6.45) is 1.34. The monoisotopic (exact) mass is 508 g/mol. The maximum Gasteiger partial charge on any atom is 0.254 e. The Morgan fingerprint density at radius 1 is 0.838 bits per heavy atom. The zero-order chi connectivity index (χ0) is 26.8. The second-order valence-electron chi connectivity index (χ2n) is 8.72. The number of furan rings is 1. The molecule has 0 spiro atoms. The van der Waals surface area contributed by atoms with Gasteiger partial charge in [0.15, 0.2) is 11.5 Å². The molecule has 37 heavy (non-hydrogen) atoms. The second kappa shape index (κ2) is 13.4. The van der Waals surface area contributed by atoms with E-state index >= 15 is 0 Å². The van der Waals surface area contributed by atoms with Gasteiger partial charge in [-0.25, -0.2) is 0 Å². The van der Waals surface area contributed by atoms with E-state index in [1.165, 1.54) is 0 Å². The number of carbonyl (C=O) groups excluding carboxylic acids is 2. The highest BCUT2D eigenvalue weighted by Gasteiger charge is 2.23. The van der Waals surface area contributed by atoms with Gasteiger partial charge in [0.05, 0.1) is 27.9 Å². The lowest BCUT2D eigenvalue weighted by atomic mass is 10.1. The molecule has 8 heteroatoms. The Morgan fingerprint density at radius 2 is 1.57 bits per heavy atom. The molecule has 0 aliphatic carbocycles. The van der Waals surface area contributed by atoms with E-state index in [-0.39, 0.29) is 18.4 Å². The molecule has 3 rings (SSSR count). The second-order valence-corrected chi connectivity index (χ2v) is 8.72. The van der Waals surface area contributed by atoms with Crippen LogP contribution in [-0.2, 0) is 17.8 Å². The third-order valence-corrected chi connectivity index (χ3v) is 6.06. The number of carbonyl (C=O) groups is 2. The first-order valence-corrected chi connectivity index (χ1v) is 12.4. The van der Waals surface area contributed by atoms with Crippen molar-refractivity contribution in [1.82, 2.24) is 9.80 Å². The molecule has 3 aromatic rings. The van der Waals surface area contributed by atoms with Crippen LogP contribution in [0.5, 0.6) is 17.2 Å². The van der Waals surface area contributed by atoms with Crippen LogP contribution in [0.2, 0.25) is 0 Å². The van der Waals surface area contributed by atoms with Gasteiger partial charge in [-0.05, 0) is 73.9 Å². The van der Waals surface area contributed by atoms with Crippen LogP contribution in [0.1, 0.15) is 40.8 Å². The fraction of sp³-hybridized carbons (Fsp3) is 0.379. The number of nitrogens with zero attached hydrogens (tertiary/aromatic N) is 2. The lowest BCUT2D eigenvalue weighted by Crippen LogP contribution is -2.43. The minimum Gasteiger partial charge on any atom is -0.497 e. The minimum absolute atomic E-state index is 0.0235. The van der Waals surface area contributed by atoms with Crippen molar-refractivity contribution >= 4 is 11.8 Å². The van der Waals surface area contributed by atoms with E-state index in [4.69, 9.17) is 18.6 Å². The number of benzene rings is 2. The number of ether oxygens (including phenoxy) is 3. The first kappa shape index (κ1) is 27.6. The minimum atomic E-state index is -0.188. The van der Waals surface area contributed by atoms with Crippen molar-refractivity contribution in [3.05, 3.63) is 77.2 Å². The van der Waals surface area contributed by atoms with Crippen LogP contribution < -0.4 is 14.2 Å². The van der Waals surface area contributed by atoms with E-state index in [0.717, 1.165) is 17.7 Å². The van der Waals surface area contributed by atoms with Crippen molar-refractivity contribution in [2.24, 2.45) is 0 Å². The molecule has 0 fully saturated rings. The smallest absolute Gasteiger partial charge is 0.254 e. The summed E-state index contributed by atoms with van der Waals surface area (Å²) in [7, 11) is 4.77. The lowest BCUT2D eigenvalue weighted by molar-refractivity contribution is -0.132. The molecule has 198 valence electrons. The average molecular weight is 509 g/mol. The Morgan fingerprint density at radius 3 is 2.16 bits per heavy atom. The Labute approximate surface area is 218 Å². The molecule has 0 saturated carbocycles. The SMILES string of the molecule is CCCN(CC(=O)N(CCc1ccc(OC)c(OC)c1)Cc1ccc(C)o1)C(=O)c1ccc(OC)cc1. The van der Waals surface area contributed by atoms with Crippen LogP contribution in [0.25, 0.3) is 0 Å². The van der Waals surface area contributed by atoms with E-state index < -0.39 is 0 Å².